The molecular weight excluding hydrogens is 376 g/mol. The highest BCUT2D eigenvalue weighted by Gasteiger charge is 2.25. The van der Waals surface area contributed by atoms with Crippen molar-refractivity contribution in [2.24, 2.45) is 0 Å². The number of nitrogens with zero attached hydrogens (tertiary/aromatic N) is 1. The van der Waals surface area contributed by atoms with Crippen molar-refractivity contribution in [3.05, 3.63) is 119 Å². The van der Waals surface area contributed by atoms with Gasteiger partial charge < -0.3 is 0 Å². The lowest BCUT2D eigenvalue weighted by atomic mass is 9.98. The van der Waals surface area contributed by atoms with E-state index in [-0.39, 0.29) is 6.04 Å². The quantitative estimate of drug-likeness (QED) is 0.452. The molecule has 3 aromatic carbocycles. The Morgan fingerprint density at radius 1 is 0.710 bits per heavy atom. The first kappa shape index (κ1) is 21.0. The molecule has 0 fully saturated rings. The summed E-state index contributed by atoms with van der Waals surface area (Å²) in [6.45, 7) is 8.92. The Bertz CT molecular complexity index is 1040. The fourth-order valence-electron chi connectivity index (χ4n) is 3.90. The van der Waals surface area contributed by atoms with Gasteiger partial charge in [-0.3, -0.25) is 10.4 Å². The summed E-state index contributed by atoms with van der Waals surface area (Å²) in [5, 5.41) is 2.24. The van der Waals surface area contributed by atoms with Crippen LogP contribution in [-0.4, -0.2) is 0 Å². The first-order valence-corrected chi connectivity index (χ1v) is 11.2. The second-order valence-corrected chi connectivity index (χ2v) is 8.86. The van der Waals surface area contributed by atoms with Gasteiger partial charge in [-0.25, -0.2) is 0 Å². The molecule has 2 nitrogen and oxygen atoms in total. The summed E-state index contributed by atoms with van der Waals surface area (Å²) >= 11 is 0. The van der Waals surface area contributed by atoms with Crippen molar-refractivity contribution in [2.75, 3.05) is 5.01 Å². The Hall–Kier alpha value is -3.26. The molecule has 158 valence electrons. The van der Waals surface area contributed by atoms with Crippen LogP contribution in [0.3, 0.4) is 0 Å². The van der Waals surface area contributed by atoms with E-state index in [1.165, 1.54) is 22.3 Å². The molecule has 2 heteroatoms. The molecule has 1 aliphatic heterocycles. The highest BCUT2D eigenvalue weighted by molar-refractivity contribution is 5.58. The summed E-state index contributed by atoms with van der Waals surface area (Å²) in [4.78, 5) is 0. The van der Waals surface area contributed by atoms with Crippen molar-refractivity contribution in [3.8, 4) is 0 Å². The molecule has 0 bridgehead atoms. The molecule has 0 aromatic heterocycles. The van der Waals surface area contributed by atoms with Crippen LogP contribution in [0, 0.1) is 0 Å². The number of hydrogen-bond acceptors (Lipinski definition) is 2. The van der Waals surface area contributed by atoms with Gasteiger partial charge in [0.15, 0.2) is 0 Å². The van der Waals surface area contributed by atoms with E-state index in [9.17, 15) is 0 Å². The Morgan fingerprint density at radius 3 is 1.87 bits per heavy atom. The number of hydrogen-bond donors (Lipinski definition) is 1. The van der Waals surface area contributed by atoms with Gasteiger partial charge >= 0.3 is 0 Å². The van der Waals surface area contributed by atoms with E-state index >= 15 is 0 Å². The first-order chi connectivity index (χ1) is 15.0. The summed E-state index contributed by atoms with van der Waals surface area (Å²) < 4.78 is 0. The minimum atomic E-state index is 0.145. The van der Waals surface area contributed by atoms with Crippen LogP contribution in [0.15, 0.2) is 96.7 Å². The minimum absolute atomic E-state index is 0.145. The fourth-order valence-corrected chi connectivity index (χ4v) is 3.90. The number of nitrogens with one attached hydrogen (secondary N) is 1. The standard InChI is InChI=1S/C29H32N2/c1-21(2)24-13-10-23(11-14-24)12-19-27-20-29(26-17-15-25(16-18-26)22(3)4)31(30-27)28-8-6-5-7-9-28/h5-22,29-30H,1-4H3. The Balaban J connectivity index is 1.60. The van der Waals surface area contributed by atoms with Crippen LogP contribution < -0.4 is 10.4 Å². The van der Waals surface area contributed by atoms with Crippen LogP contribution in [0.2, 0.25) is 0 Å². The number of allylic oxidation sites excluding steroid dienone is 1. The average molecular weight is 409 g/mol. The predicted octanol–water partition coefficient (Wildman–Crippen LogP) is 7.60. The molecule has 0 spiro atoms. The van der Waals surface area contributed by atoms with Crippen LogP contribution in [-0.2, 0) is 0 Å². The van der Waals surface area contributed by atoms with Gasteiger partial charge in [-0.1, -0.05) is 101 Å². The van der Waals surface area contributed by atoms with Crippen molar-refractivity contribution in [1.82, 2.24) is 5.43 Å². The molecule has 0 saturated carbocycles. The number of hydrazine groups is 1. The minimum Gasteiger partial charge on any atom is -0.298 e. The molecule has 0 amide bonds. The highest BCUT2D eigenvalue weighted by atomic mass is 15.5. The number of benzene rings is 3. The maximum absolute atomic E-state index is 3.60. The summed E-state index contributed by atoms with van der Waals surface area (Å²) in [6.07, 6.45) is 6.65. The van der Waals surface area contributed by atoms with Gasteiger partial charge in [0.25, 0.3) is 0 Å². The maximum Gasteiger partial charge on any atom is 0.0958 e. The molecule has 0 aliphatic carbocycles. The van der Waals surface area contributed by atoms with E-state index in [1.54, 1.807) is 0 Å². The molecule has 1 heterocycles. The molecule has 1 unspecified atom stereocenters. The lowest BCUT2D eigenvalue weighted by molar-refractivity contribution is 0.709. The highest BCUT2D eigenvalue weighted by Crippen LogP contribution is 2.33. The SMILES string of the molecule is CC(C)c1ccc(C=CC2=CC(c3ccc(C(C)C)cc3)N(c3ccccc3)N2)cc1. The predicted molar refractivity (Wildman–Crippen MR) is 133 cm³/mol. The number of anilines is 1. The third kappa shape index (κ3) is 4.91. The third-order valence-corrected chi connectivity index (χ3v) is 5.90. The molecule has 0 saturated heterocycles. The monoisotopic (exact) mass is 408 g/mol. The van der Waals surface area contributed by atoms with E-state index in [4.69, 9.17) is 0 Å². The van der Waals surface area contributed by atoms with E-state index in [1.807, 2.05) is 0 Å². The molecule has 0 radical (unpaired) electrons. The second-order valence-electron chi connectivity index (χ2n) is 8.86. The van der Waals surface area contributed by atoms with Crippen LogP contribution in [0.25, 0.3) is 6.08 Å². The van der Waals surface area contributed by atoms with Crippen LogP contribution in [0.1, 0.15) is 67.8 Å². The van der Waals surface area contributed by atoms with Crippen molar-refractivity contribution < 1.29 is 0 Å². The van der Waals surface area contributed by atoms with Crippen molar-refractivity contribution in [2.45, 2.75) is 45.6 Å². The zero-order valence-corrected chi connectivity index (χ0v) is 18.9. The van der Waals surface area contributed by atoms with Crippen LogP contribution in [0.5, 0.6) is 0 Å². The van der Waals surface area contributed by atoms with E-state index in [0.717, 1.165) is 11.4 Å². The third-order valence-electron chi connectivity index (χ3n) is 5.90. The van der Waals surface area contributed by atoms with Gasteiger partial charge in [0.1, 0.15) is 0 Å². The second kappa shape index (κ2) is 9.26. The normalized spacial score (nSPS) is 16.3. The van der Waals surface area contributed by atoms with Crippen molar-refractivity contribution >= 4 is 11.8 Å². The molecule has 31 heavy (non-hydrogen) atoms. The Kier molecular flexibility index (Phi) is 6.27. The summed E-state index contributed by atoms with van der Waals surface area (Å²) in [6, 6.07) is 28.5. The molecule has 3 aromatic rings. The van der Waals surface area contributed by atoms with Crippen molar-refractivity contribution in [3.63, 3.8) is 0 Å². The molecule has 4 rings (SSSR count). The number of para-hydroxylation sites is 1. The summed E-state index contributed by atoms with van der Waals surface area (Å²) in [5.74, 6) is 1.09. The van der Waals surface area contributed by atoms with Crippen LogP contribution in [0.4, 0.5) is 5.69 Å². The zero-order valence-electron chi connectivity index (χ0n) is 18.9. The topological polar surface area (TPSA) is 15.3 Å². The molecule has 1 N–H and O–H groups in total. The lowest BCUT2D eigenvalue weighted by Crippen LogP contribution is -2.33. The van der Waals surface area contributed by atoms with Gasteiger partial charge in [-0.15, -0.1) is 0 Å². The largest absolute Gasteiger partial charge is 0.298 e. The summed E-state index contributed by atoms with van der Waals surface area (Å²) in [5.41, 5.74) is 11.1. The number of rotatable bonds is 6. The molecule has 1 aliphatic rings. The zero-order chi connectivity index (χ0) is 21.8. The molecule has 1 atom stereocenters. The first-order valence-electron chi connectivity index (χ1n) is 11.2. The molecular formula is C29H32N2. The van der Waals surface area contributed by atoms with Gasteiger partial charge in [0.05, 0.1) is 17.4 Å². The van der Waals surface area contributed by atoms with E-state index in [2.05, 4.69) is 135 Å². The Labute approximate surface area is 186 Å². The summed E-state index contributed by atoms with van der Waals surface area (Å²) in [7, 11) is 0. The van der Waals surface area contributed by atoms with E-state index in [0.29, 0.717) is 11.8 Å². The average Bonchev–Trinajstić information content (AvgIpc) is 3.23. The van der Waals surface area contributed by atoms with Crippen molar-refractivity contribution in [1.29, 1.82) is 0 Å². The van der Waals surface area contributed by atoms with Gasteiger partial charge in [0, 0.05) is 0 Å². The van der Waals surface area contributed by atoms with Crippen LogP contribution >= 0.6 is 0 Å². The van der Waals surface area contributed by atoms with Gasteiger partial charge in [0.2, 0.25) is 0 Å². The smallest absolute Gasteiger partial charge is 0.0958 e. The van der Waals surface area contributed by atoms with Gasteiger partial charge in [-0.2, -0.15) is 0 Å². The van der Waals surface area contributed by atoms with Gasteiger partial charge in [-0.05, 0) is 58.4 Å². The lowest BCUT2D eigenvalue weighted by Gasteiger charge is -2.27. The Morgan fingerprint density at radius 2 is 1.29 bits per heavy atom. The maximum atomic E-state index is 3.60. The van der Waals surface area contributed by atoms with E-state index < -0.39 is 0 Å². The fraction of sp³-hybridized carbons (Fsp3) is 0.241.